The summed E-state index contributed by atoms with van der Waals surface area (Å²) >= 11 is 0. The molecule has 1 aliphatic rings. The smallest absolute Gasteiger partial charge is 0.0107 e. The molecule has 0 atom stereocenters. The number of nitrogens with one attached hydrogen (secondary N) is 1. The summed E-state index contributed by atoms with van der Waals surface area (Å²) in [6.45, 7) is 12.7. The van der Waals surface area contributed by atoms with Crippen LogP contribution in [-0.4, -0.2) is 37.6 Å². The van der Waals surface area contributed by atoms with Crippen LogP contribution < -0.4 is 5.32 Å². The van der Waals surface area contributed by atoms with E-state index >= 15 is 0 Å². The van der Waals surface area contributed by atoms with Crippen LogP contribution in [0.15, 0.2) is 0 Å². The third-order valence-corrected chi connectivity index (χ3v) is 3.71. The molecule has 1 saturated carbocycles. The van der Waals surface area contributed by atoms with E-state index in [1.54, 1.807) is 0 Å². The molecule has 1 fully saturated rings. The van der Waals surface area contributed by atoms with Gasteiger partial charge in [0.25, 0.3) is 0 Å². The Morgan fingerprint density at radius 2 is 1.79 bits per heavy atom. The molecule has 14 heavy (non-hydrogen) atoms. The van der Waals surface area contributed by atoms with E-state index in [1.165, 1.54) is 45.4 Å². The van der Waals surface area contributed by atoms with Gasteiger partial charge in [-0.05, 0) is 37.8 Å². The minimum Gasteiger partial charge on any atom is -0.315 e. The van der Waals surface area contributed by atoms with Crippen LogP contribution in [0.1, 0.15) is 40.0 Å². The van der Waals surface area contributed by atoms with Gasteiger partial charge in [0.05, 0.1) is 0 Å². The lowest BCUT2D eigenvalue weighted by Crippen LogP contribution is -2.34. The van der Waals surface area contributed by atoms with E-state index in [0.29, 0.717) is 5.41 Å². The molecule has 0 aromatic rings. The Labute approximate surface area is 89.1 Å². The third kappa shape index (κ3) is 3.58. The van der Waals surface area contributed by atoms with E-state index in [9.17, 15) is 0 Å². The Bertz CT molecular complexity index is 148. The first-order valence-corrected chi connectivity index (χ1v) is 6.19. The van der Waals surface area contributed by atoms with E-state index < -0.39 is 0 Å². The van der Waals surface area contributed by atoms with Crippen molar-refractivity contribution in [2.75, 3.05) is 32.7 Å². The minimum atomic E-state index is 0.698. The van der Waals surface area contributed by atoms with Gasteiger partial charge in [-0.2, -0.15) is 0 Å². The molecule has 2 nitrogen and oxygen atoms in total. The number of nitrogens with zero attached hydrogens (tertiary/aromatic N) is 1. The molecule has 0 spiro atoms. The molecule has 1 N–H and O–H groups in total. The number of likely N-dealkylation sites (N-methyl/N-ethyl adjacent to an activating group) is 1. The van der Waals surface area contributed by atoms with Crippen molar-refractivity contribution in [1.29, 1.82) is 0 Å². The number of rotatable bonds is 8. The molecule has 0 radical (unpaired) electrons. The fourth-order valence-corrected chi connectivity index (χ4v) is 1.96. The molecular weight excluding hydrogens is 172 g/mol. The van der Waals surface area contributed by atoms with Crippen molar-refractivity contribution in [1.82, 2.24) is 10.2 Å². The Morgan fingerprint density at radius 3 is 2.21 bits per heavy atom. The van der Waals surface area contributed by atoms with Crippen molar-refractivity contribution in [2.24, 2.45) is 5.41 Å². The van der Waals surface area contributed by atoms with Gasteiger partial charge in [0, 0.05) is 19.6 Å². The molecule has 0 amide bonds. The summed E-state index contributed by atoms with van der Waals surface area (Å²) in [5.74, 6) is 0. The largest absolute Gasteiger partial charge is 0.315 e. The third-order valence-electron chi connectivity index (χ3n) is 3.71. The predicted molar refractivity (Wildman–Crippen MR) is 62.6 cm³/mol. The van der Waals surface area contributed by atoms with Crippen LogP contribution in [0.5, 0.6) is 0 Å². The summed E-state index contributed by atoms with van der Waals surface area (Å²) in [5, 5.41) is 3.60. The number of hydrogen-bond acceptors (Lipinski definition) is 2. The first kappa shape index (κ1) is 12.0. The van der Waals surface area contributed by atoms with Crippen molar-refractivity contribution in [3.63, 3.8) is 0 Å². The molecule has 2 heteroatoms. The lowest BCUT2D eigenvalue weighted by molar-refractivity contribution is 0.296. The van der Waals surface area contributed by atoms with Gasteiger partial charge in [-0.1, -0.05) is 20.8 Å². The summed E-state index contributed by atoms with van der Waals surface area (Å²) in [4.78, 5) is 2.47. The van der Waals surface area contributed by atoms with Crippen LogP contribution in [0.25, 0.3) is 0 Å². The monoisotopic (exact) mass is 198 g/mol. The van der Waals surface area contributed by atoms with E-state index in [2.05, 4.69) is 31.0 Å². The van der Waals surface area contributed by atoms with Gasteiger partial charge >= 0.3 is 0 Å². The summed E-state index contributed by atoms with van der Waals surface area (Å²) in [6.07, 6.45) is 4.24. The molecule has 1 aliphatic carbocycles. The van der Waals surface area contributed by atoms with Crippen molar-refractivity contribution < 1.29 is 0 Å². The quantitative estimate of drug-likeness (QED) is 0.601. The topological polar surface area (TPSA) is 15.3 Å². The van der Waals surface area contributed by atoms with Gasteiger partial charge in [-0.25, -0.2) is 0 Å². The van der Waals surface area contributed by atoms with E-state index in [0.717, 1.165) is 6.54 Å². The maximum Gasteiger partial charge on any atom is 0.0107 e. The normalized spacial score (nSPS) is 18.9. The lowest BCUT2D eigenvalue weighted by atomic mass is 10.0. The zero-order valence-electron chi connectivity index (χ0n) is 10.1. The lowest BCUT2D eigenvalue weighted by Gasteiger charge is -2.19. The summed E-state index contributed by atoms with van der Waals surface area (Å²) in [5.41, 5.74) is 0.698. The second kappa shape index (κ2) is 5.72. The molecule has 0 bridgehead atoms. The van der Waals surface area contributed by atoms with Gasteiger partial charge in [-0.3, -0.25) is 0 Å². The molecule has 0 heterocycles. The highest BCUT2D eigenvalue weighted by molar-refractivity contribution is 4.93. The van der Waals surface area contributed by atoms with Crippen molar-refractivity contribution in [3.05, 3.63) is 0 Å². The van der Waals surface area contributed by atoms with Crippen LogP contribution in [0, 0.1) is 5.41 Å². The fraction of sp³-hybridized carbons (Fsp3) is 1.00. The molecule has 0 aromatic heterocycles. The van der Waals surface area contributed by atoms with Crippen LogP contribution in [-0.2, 0) is 0 Å². The van der Waals surface area contributed by atoms with Gasteiger partial charge in [0.2, 0.25) is 0 Å². The summed E-state index contributed by atoms with van der Waals surface area (Å²) in [6, 6.07) is 0. The maximum absolute atomic E-state index is 3.60. The molecule has 0 aromatic carbocycles. The van der Waals surface area contributed by atoms with Gasteiger partial charge < -0.3 is 10.2 Å². The second-order valence-electron chi connectivity index (χ2n) is 4.56. The Hall–Kier alpha value is -0.0800. The van der Waals surface area contributed by atoms with E-state index in [-0.39, 0.29) is 0 Å². The Morgan fingerprint density at radius 1 is 1.14 bits per heavy atom. The SMILES string of the molecule is CCN(CC)CCNCC1(CC)CC1. The van der Waals surface area contributed by atoms with Crippen LogP contribution in [0.2, 0.25) is 0 Å². The summed E-state index contributed by atoms with van der Waals surface area (Å²) in [7, 11) is 0. The van der Waals surface area contributed by atoms with Gasteiger partial charge in [-0.15, -0.1) is 0 Å². The zero-order valence-corrected chi connectivity index (χ0v) is 10.1. The highest BCUT2D eigenvalue weighted by Crippen LogP contribution is 2.47. The average molecular weight is 198 g/mol. The number of hydrogen-bond donors (Lipinski definition) is 1. The predicted octanol–water partition coefficient (Wildman–Crippen LogP) is 2.11. The first-order chi connectivity index (χ1) is 6.76. The average Bonchev–Trinajstić information content (AvgIpc) is 2.99. The highest BCUT2D eigenvalue weighted by atomic mass is 15.1. The van der Waals surface area contributed by atoms with Gasteiger partial charge in [0.1, 0.15) is 0 Å². The van der Waals surface area contributed by atoms with Gasteiger partial charge in [0.15, 0.2) is 0 Å². The van der Waals surface area contributed by atoms with Crippen molar-refractivity contribution >= 4 is 0 Å². The minimum absolute atomic E-state index is 0.698. The Balaban J connectivity index is 1.99. The van der Waals surface area contributed by atoms with Crippen LogP contribution in [0.4, 0.5) is 0 Å². The van der Waals surface area contributed by atoms with E-state index in [4.69, 9.17) is 0 Å². The molecule has 0 unspecified atom stereocenters. The molecule has 0 saturated heterocycles. The van der Waals surface area contributed by atoms with E-state index in [1.807, 2.05) is 0 Å². The standard InChI is InChI=1S/C12H26N2/c1-4-12(7-8-12)11-13-9-10-14(5-2)6-3/h13H,4-11H2,1-3H3. The van der Waals surface area contributed by atoms with Crippen molar-refractivity contribution in [2.45, 2.75) is 40.0 Å². The van der Waals surface area contributed by atoms with Crippen LogP contribution >= 0.6 is 0 Å². The highest BCUT2D eigenvalue weighted by Gasteiger charge is 2.39. The Kier molecular flexibility index (Phi) is 4.90. The second-order valence-corrected chi connectivity index (χ2v) is 4.56. The fourth-order valence-electron chi connectivity index (χ4n) is 1.96. The van der Waals surface area contributed by atoms with Crippen LogP contribution in [0.3, 0.4) is 0 Å². The molecule has 0 aliphatic heterocycles. The van der Waals surface area contributed by atoms with Crippen molar-refractivity contribution in [3.8, 4) is 0 Å². The molecule has 1 rings (SSSR count). The molecule has 84 valence electrons. The summed E-state index contributed by atoms with van der Waals surface area (Å²) < 4.78 is 0. The maximum atomic E-state index is 3.60. The first-order valence-electron chi connectivity index (χ1n) is 6.19. The zero-order chi connectivity index (χ0) is 10.4. The molecular formula is C12H26N2.